The fourth-order valence-electron chi connectivity index (χ4n) is 0.0745. The first-order valence-corrected chi connectivity index (χ1v) is 6.55. The summed E-state index contributed by atoms with van der Waals surface area (Å²) in [6.45, 7) is 9.42. The van der Waals surface area contributed by atoms with E-state index in [1.54, 1.807) is 0 Å². The van der Waals surface area contributed by atoms with Gasteiger partial charge in [0, 0.05) is 0 Å². The summed E-state index contributed by atoms with van der Waals surface area (Å²) in [5, 5.41) is 0. The molecular weight excluding hydrogens is 170 g/mol. The van der Waals surface area contributed by atoms with Crippen LogP contribution in [0.5, 0.6) is 0 Å². The quantitative estimate of drug-likeness (QED) is 0.449. The molecule has 0 unspecified atom stereocenters. The fourth-order valence-corrected chi connectivity index (χ4v) is 0.224. The van der Waals surface area contributed by atoms with Crippen molar-refractivity contribution in [2.45, 2.75) is 0 Å². The third-order valence-corrected chi connectivity index (χ3v) is 4.05. The van der Waals surface area contributed by atoms with Gasteiger partial charge < -0.3 is 0 Å². The predicted molar refractivity (Wildman–Crippen MR) is 39.0 cm³/mol. The summed E-state index contributed by atoms with van der Waals surface area (Å²) in [7, 11) is 0. The molecule has 0 aliphatic heterocycles. The van der Waals surface area contributed by atoms with Crippen molar-refractivity contribution >= 4 is 20.6 Å². The topological polar surface area (TPSA) is 0 Å². The Morgan fingerprint density at radius 2 is 1.71 bits per heavy atom. The van der Waals surface area contributed by atoms with E-state index in [1.807, 2.05) is 11.6 Å². The second-order valence-electron chi connectivity index (χ2n) is 1.42. The molecule has 0 heterocycles. The maximum atomic E-state index is 3.65. The molecule has 0 aromatic rings. The summed E-state index contributed by atoms with van der Waals surface area (Å²) in [6, 6.07) is 0. The summed E-state index contributed by atoms with van der Waals surface area (Å²) >= 11 is 3.03. The van der Waals surface area contributed by atoms with Crippen molar-refractivity contribution in [2.75, 3.05) is 6.66 Å². The normalized spacial score (nSPS) is 10.4. The van der Waals surface area contributed by atoms with Crippen molar-refractivity contribution in [2.24, 2.45) is 0 Å². The molecule has 0 aliphatic rings. The van der Waals surface area contributed by atoms with Crippen molar-refractivity contribution in [3.8, 4) is 0 Å². The van der Waals surface area contributed by atoms with E-state index in [1.165, 1.54) is 0 Å². The van der Waals surface area contributed by atoms with Crippen LogP contribution >= 0.6 is 5.51 Å². The second kappa shape index (κ2) is 2.67. The minimum absolute atomic E-state index is 1.00. The summed E-state index contributed by atoms with van der Waals surface area (Å²) in [4.78, 5) is 0. The molecule has 0 aromatic heterocycles. The summed E-state index contributed by atoms with van der Waals surface area (Å²) in [5.74, 6) is 3.86. The van der Waals surface area contributed by atoms with Gasteiger partial charge in [-0.3, -0.25) is 0 Å². The first kappa shape index (κ1) is 7.43. The average molecular weight is 179 g/mol. The molecule has 0 N–H and O–H groups in total. The van der Waals surface area contributed by atoms with E-state index in [0.29, 0.717) is 0 Å². The van der Waals surface area contributed by atoms with Crippen molar-refractivity contribution < 1.29 is 0 Å². The minimum atomic E-state index is -1.00. The van der Waals surface area contributed by atoms with Crippen LogP contribution in [0.25, 0.3) is 0 Å². The van der Waals surface area contributed by atoms with E-state index >= 15 is 0 Å². The van der Waals surface area contributed by atoms with Crippen molar-refractivity contribution in [3.63, 3.8) is 0 Å². The third kappa shape index (κ3) is 3.05. The molecule has 0 aliphatic carbocycles. The van der Waals surface area contributed by atoms with Crippen LogP contribution in [0.1, 0.15) is 0 Å². The number of rotatable bonds is 2. The molecule has 0 saturated carbocycles. The summed E-state index contributed by atoms with van der Waals surface area (Å²) < 4.78 is 0. The summed E-state index contributed by atoms with van der Waals surface area (Å²) in [5.41, 5.74) is -1.00. The first-order valence-electron chi connectivity index (χ1n) is 1.96. The Kier molecular flexibility index (Phi) is 2.83. The van der Waals surface area contributed by atoms with Gasteiger partial charge >= 0.3 is 52.1 Å². The van der Waals surface area contributed by atoms with Gasteiger partial charge in [-0.05, 0) is 0 Å². The van der Waals surface area contributed by atoms with Crippen molar-refractivity contribution in [1.29, 1.82) is 0 Å². The molecule has 0 bridgehead atoms. The van der Waals surface area contributed by atoms with E-state index < -0.39 is 5.51 Å². The molecule has 0 atom stereocenters. The molecule has 0 radical (unpaired) electrons. The molecule has 0 fully saturated rings. The third-order valence-electron chi connectivity index (χ3n) is 0.725. The Morgan fingerprint density at radius 1 is 1.43 bits per heavy atom. The van der Waals surface area contributed by atoms with Crippen LogP contribution in [-0.4, -0.2) is 21.8 Å². The van der Waals surface area contributed by atoms with Gasteiger partial charge in [0.1, 0.15) is 0 Å². The Balaban J connectivity index is 4.13. The van der Waals surface area contributed by atoms with Gasteiger partial charge in [0.2, 0.25) is 0 Å². The van der Waals surface area contributed by atoms with Crippen LogP contribution in [0.3, 0.4) is 0 Å². The molecular formula is C5H9PSe. The number of hydrogen-bond donors (Lipinski definition) is 0. The van der Waals surface area contributed by atoms with E-state index in [-0.39, 0.29) is 0 Å². The zero-order chi connectivity index (χ0) is 5.91. The van der Waals surface area contributed by atoms with E-state index in [0.717, 1.165) is 0 Å². The van der Waals surface area contributed by atoms with Crippen LogP contribution in [0, 0.1) is 0 Å². The number of hydrogen-bond acceptors (Lipinski definition) is 0. The Hall–Kier alpha value is 0.429. The van der Waals surface area contributed by atoms with Gasteiger partial charge in [0.15, 0.2) is 0 Å². The Labute approximate surface area is 52.5 Å². The van der Waals surface area contributed by atoms with Crippen molar-refractivity contribution in [3.05, 3.63) is 24.8 Å². The van der Waals surface area contributed by atoms with Crippen molar-refractivity contribution in [1.82, 2.24) is 0 Å². The molecule has 0 aromatic carbocycles. The van der Waals surface area contributed by atoms with Gasteiger partial charge in [-0.15, -0.1) is 0 Å². The first-order chi connectivity index (χ1) is 3.12. The summed E-state index contributed by atoms with van der Waals surface area (Å²) in [6.07, 6.45) is 0. The van der Waals surface area contributed by atoms with E-state index in [9.17, 15) is 0 Å². The molecule has 0 saturated heterocycles. The fraction of sp³-hybridized carbons (Fsp3) is 0.200. The molecule has 0 nitrogen and oxygen atoms in total. The van der Waals surface area contributed by atoms with Crippen LogP contribution in [0.15, 0.2) is 24.8 Å². The van der Waals surface area contributed by atoms with Gasteiger partial charge in [0.05, 0.1) is 0 Å². The van der Waals surface area contributed by atoms with Gasteiger partial charge in [-0.25, -0.2) is 0 Å². The predicted octanol–water partition coefficient (Wildman–Crippen LogP) is 2.00. The second-order valence-corrected chi connectivity index (χ2v) is 9.22. The van der Waals surface area contributed by atoms with Gasteiger partial charge in [-0.2, -0.15) is 0 Å². The average Bonchev–Trinajstić information content (AvgIpc) is 1.68. The van der Waals surface area contributed by atoms with E-state index in [2.05, 4.69) is 34.9 Å². The molecule has 7 heavy (non-hydrogen) atoms. The van der Waals surface area contributed by atoms with Crippen LogP contribution in [0.4, 0.5) is 0 Å². The SMILES string of the molecule is C=CP(C)(=[Se])C=C. The zero-order valence-electron chi connectivity index (χ0n) is 4.42. The maximum absolute atomic E-state index is 3.65. The Bertz CT molecular complexity index is 114. The molecule has 2 heteroatoms. The monoisotopic (exact) mass is 180 g/mol. The Morgan fingerprint density at radius 3 is 1.71 bits per heavy atom. The molecule has 40 valence electrons. The van der Waals surface area contributed by atoms with Crippen LogP contribution in [-0.2, 0) is 0 Å². The molecule has 0 rings (SSSR count). The molecule has 0 amide bonds. The molecule has 0 spiro atoms. The van der Waals surface area contributed by atoms with Gasteiger partial charge in [-0.1, -0.05) is 0 Å². The zero-order valence-corrected chi connectivity index (χ0v) is 7.03. The van der Waals surface area contributed by atoms with Crippen LogP contribution in [0.2, 0.25) is 0 Å². The van der Waals surface area contributed by atoms with E-state index in [4.69, 9.17) is 0 Å². The van der Waals surface area contributed by atoms with Gasteiger partial charge in [0.25, 0.3) is 0 Å². The standard InChI is InChI=1S/C5H9PSe/c1-4-6(3,7)5-2/h4-5H,1-2H2,3H3. The van der Waals surface area contributed by atoms with Crippen LogP contribution < -0.4 is 0 Å².